The number of carbonyl (C=O) groups excluding carboxylic acids is 4. The van der Waals surface area contributed by atoms with Crippen LogP contribution in [0.4, 0.5) is 0 Å². The highest BCUT2D eigenvalue weighted by molar-refractivity contribution is 7.47. The van der Waals surface area contributed by atoms with E-state index in [1.54, 1.807) is 0 Å². The normalized spacial score (nSPS) is 14.1. The Morgan fingerprint density at radius 2 is 0.479 bits per heavy atom. The number of hydrogen-bond donors (Lipinski definition) is 3. The average molecular weight is 1410 g/mol. The summed E-state index contributed by atoms with van der Waals surface area (Å²) in [5.74, 6) is 0.117. The molecule has 0 fully saturated rings. The third kappa shape index (κ3) is 70.5. The van der Waals surface area contributed by atoms with Crippen LogP contribution < -0.4 is 0 Å². The van der Waals surface area contributed by atoms with Crippen LogP contribution in [-0.4, -0.2) is 96.7 Å². The fraction of sp³-hybridized carbons (Fsp3) is 0.948. The lowest BCUT2D eigenvalue weighted by atomic mass is 10.0. The summed E-state index contributed by atoms with van der Waals surface area (Å²) >= 11 is 0. The van der Waals surface area contributed by atoms with Crippen molar-refractivity contribution in [3.63, 3.8) is 0 Å². The molecule has 0 aliphatic heterocycles. The molecule has 5 atom stereocenters. The number of ether oxygens (including phenoxy) is 4. The maximum Gasteiger partial charge on any atom is 0.472 e. The Bertz CT molecular complexity index is 1870. The molecule has 3 N–H and O–H groups in total. The maximum absolute atomic E-state index is 13.1. The quantitative estimate of drug-likeness (QED) is 0.0222. The molecule has 0 spiro atoms. The van der Waals surface area contributed by atoms with Crippen molar-refractivity contribution >= 4 is 39.5 Å². The Hall–Kier alpha value is -1.94. The number of carbonyl (C=O) groups is 4. The summed E-state index contributed by atoms with van der Waals surface area (Å²) < 4.78 is 68.5. The lowest BCUT2D eigenvalue weighted by molar-refractivity contribution is -0.161. The minimum absolute atomic E-state index is 0.104. The molecule has 0 aliphatic rings. The monoisotopic (exact) mass is 1410 g/mol. The number of unbranched alkanes of at least 4 members (excludes halogenated alkanes) is 43. The van der Waals surface area contributed by atoms with Crippen LogP contribution in [-0.2, 0) is 65.4 Å². The second kappa shape index (κ2) is 67.5. The van der Waals surface area contributed by atoms with Crippen molar-refractivity contribution in [1.82, 2.24) is 0 Å². The van der Waals surface area contributed by atoms with E-state index in [0.29, 0.717) is 31.6 Å². The average Bonchev–Trinajstić information content (AvgIpc) is 1.77. The van der Waals surface area contributed by atoms with Crippen LogP contribution in [0, 0.1) is 17.8 Å². The van der Waals surface area contributed by atoms with Gasteiger partial charge in [-0.15, -0.1) is 0 Å². The van der Waals surface area contributed by atoms with Crippen LogP contribution in [0.25, 0.3) is 0 Å². The van der Waals surface area contributed by atoms with E-state index in [0.717, 1.165) is 108 Å². The van der Waals surface area contributed by atoms with Crippen molar-refractivity contribution in [1.29, 1.82) is 0 Å². The molecule has 0 radical (unpaired) electrons. The Balaban J connectivity index is 5.20. The zero-order chi connectivity index (χ0) is 70.9. The molecule has 2 unspecified atom stereocenters. The lowest BCUT2D eigenvalue weighted by Gasteiger charge is -2.21. The fourth-order valence-electron chi connectivity index (χ4n) is 11.8. The Morgan fingerprint density at radius 1 is 0.281 bits per heavy atom. The highest BCUT2D eigenvalue weighted by Gasteiger charge is 2.30. The molecule has 19 heteroatoms. The predicted molar refractivity (Wildman–Crippen MR) is 391 cm³/mol. The summed E-state index contributed by atoms with van der Waals surface area (Å²) in [5, 5.41) is 10.6. The number of aliphatic hydroxyl groups excluding tert-OH is 1. The molecular weight excluding hydrogens is 1260 g/mol. The molecule has 96 heavy (non-hydrogen) atoms. The summed E-state index contributed by atoms with van der Waals surface area (Å²) in [6.45, 7) is 11.8. The zero-order valence-corrected chi connectivity index (χ0v) is 64.6. The maximum atomic E-state index is 13.1. The molecule has 0 heterocycles. The number of esters is 4. The highest BCUT2D eigenvalue weighted by atomic mass is 31.2. The highest BCUT2D eigenvalue weighted by Crippen LogP contribution is 2.45. The molecule has 570 valence electrons. The van der Waals surface area contributed by atoms with Gasteiger partial charge >= 0.3 is 39.5 Å². The fourth-order valence-corrected chi connectivity index (χ4v) is 13.4. The van der Waals surface area contributed by atoms with Gasteiger partial charge in [-0.3, -0.25) is 37.3 Å². The third-order valence-electron chi connectivity index (χ3n) is 17.9. The number of phosphoric ester groups is 2. The van der Waals surface area contributed by atoms with Crippen molar-refractivity contribution in [3.8, 4) is 0 Å². The van der Waals surface area contributed by atoms with Crippen LogP contribution >= 0.6 is 15.6 Å². The van der Waals surface area contributed by atoms with E-state index < -0.39 is 97.5 Å². The molecule has 0 saturated heterocycles. The number of aliphatic hydroxyl groups is 1. The van der Waals surface area contributed by atoms with Gasteiger partial charge in [0.05, 0.1) is 26.4 Å². The summed E-state index contributed by atoms with van der Waals surface area (Å²) in [6, 6.07) is 0. The van der Waals surface area contributed by atoms with Gasteiger partial charge in [0.15, 0.2) is 12.2 Å². The van der Waals surface area contributed by atoms with Crippen LogP contribution in [0.15, 0.2) is 0 Å². The van der Waals surface area contributed by atoms with E-state index in [9.17, 15) is 43.2 Å². The number of rotatable bonds is 75. The van der Waals surface area contributed by atoms with E-state index in [4.69, 9.17) is 37.0 Å². The van der Waals surface area contributed by atoms with Gasteiger partial charge in [-0.2, -0.15) is 0 Å². The first-order chi connectivity index (χ1) is 46.2. The molecular formula is C77H150O17P2. The van der Waals surface area contributed by atoms with Gasteiger partial charge in [0, 0.05) is 25.7 Å². The summed E-state index contributed by atoms with van der Waals surface area (Å²) in [6.07, 6.45) is 54.4. The van der Waals surface area contributed by atoms with Crippen molar-refractivity contribution in [2.45, 2.75) is 414 Å². The molecule has 0 aromatic rings. The Kier molecular flexibility index (Phi) is 66.2. The minimum atomic E-state index is -4.96. The van der Waals surface area contributed by atoms with E-state index in [2.05, 4.69) is 48.5 Å². The second-order valence-corrected chi connectivity index (χ2v) is 32.1. The van der Waals surface area contributed by atoms with E-state index >= 15 is 0 Å². The van der Waals surface area contributed by atoms with Crippen LogP contribution in [0.1, 0.15) is 395 Å². The summed E-state index contributed by atoms with van der Waals surface area (Å²) in [4.78, 5) is 72.8. The molecule has 0 bridgehead atoms. The molecule has 0 amide bonds. The Morgan fingerprint density at radius 3 is 0.708 bits per heavy atom. The lowest BCUT2D eigenvalue weighted by Crippen LogP contribution is -2.30. The van der Waals surface area contributed by atoms with Gasteiger partial charge in [-0.1, -0.05) is 344 Å². The largest absolute Gasteiger partial charge is 0.472 e. The van der Waals surface area contributed by atoms with Gasteiger partial charge in [-0.25, -0.2) is 9.13 Å². The van der Waals surface area contributed by atoms with Crippen molar-refractivity contribution in [3.05, 3.63) is 0 Å². The number of hydrogen-bond acceptors (Lipinski definition) is 15. The minimum Gasteiger partial charge on any atom is -0.462 e. The smallest absolute Gasteiger partial charge is 0.462 e. The molecule has 0 rings (SSSR count). The van der Waals surface area contributed by atoms with E-state index in [-0.39, 0.29) is 25.7 Å². The first-order valence-electron chi connectivity index (χ1n) is 39.8. The standard InChI is InChI=1S/C77H150O17P2/c1-8-9-10-11-12-13-14-15-23-26-31-36-44-51-58-74(79)87-64-72(93-76(81)60-53-46-37-32-27-24-21-19-17-16-18-20-22-25-29-34-41-48-55-68(2)3)66-91-95(83,84)89-62-71(78)63-90-96(85,86)92-67-73(65-88-75(80)59-52-45-40-39-43-50-57-70(6)7)94-77(82)61-54-47-38-33-28-30-35-42-49-56-69(4)5/h68-73,78H,8-67H2,1-7H3,(H,83,84)(H,85,86)/t71-,72-,73-/m1/s1. The van der Waals surface area contributed by atoms with Gasteiger partial charge in [0.2, 0.25) is 0 Å². The first-order valence-corrected chi connectivity index (χ1v) is 42.8. The van der Waals surface area contributed by atoms with Crippen LogP contribution in [0.3, 0.4) is 0 Å². The van der Waals surface area contributed by atoms with Gasteiger partial charge in [-0.05, 0) is 43.4 Å². The second-order valence-electron chi connectivity index (χ2n) is 29.2. The number of phosphoric acid groups is 2. The third-order valence-corrected chi connectivity index (χ3v) is 19.8. The SMILES string of the molecule is CCCCCCCCCCCCCCCCC(=O)OC[C@H](COP(=O)(O)OC[C@@H](O)COP(=O)(O)OC[C@@H](COC(=O)CCCCCCCCC(C)C)OC(=O)CCCCCCCCCCCC(C)C)OC(=O)CCCCCCCCCCCCCCCCCCCCC(C)C. The first kappa shape index (κ1) is 94.1. The zero-order valence-electron chi connectivity index (χ0n) is 62.8. The van der Waals surface area contributed by atoms with E-state index in [1.165, 1.54) is 199 Å². The molecule has 0 saturated carbocycles. The van der Waals surface area contributed by atoms with Gasteiger partial charge < -0.3 is 33.8 Å². The van der Waals surface area contributed by atoms with E-state index in [1.807, 2.05) is 0 Å². The molecule has 17 nitrogen and oxygen atoms in total. The van der Waals surface area contributed by atoms with Crippen molar-refractivity contribution < 1.29 is 80.2 Å². The summed E-state index contributed by atoms with van der Waals surface area (Å²) in [5.41, 5.74) is 0. The van der Waals surface area contributed by atoms with Gasteiger partial charge in [0.1, 0.15) is 19.3 Å². The van der Waals surface area contributed by atoms with Crippen LogP contribution in [0.5, 0.6) is 0 Å². The summed E-state index contributed by atoms with van der Waals surface area (Å²) in [7, 11) is -9.91. The van der Waals surface area contributed by atoms with Crippen molar-refractivity contribution in [2.75, 3.05) is 39.6 Å². The topological polar surface area (TPSA) is 237 Å². The van der Waals surface area contributed by atoms with Crippen molar-refractivity contribution in [2.24, 2.45) is 17.8 Å². The molecule has 0 aromatic heterocycles. The van der Waals surface area contributed by atoms with Crippen LogP contribution in [0.2, 0.25) is 0 Å². The van der Waals surface area contributed by atoms with Gasteiger partial charge in [0.25, 0.3) is 0 Å². The molecule has 0 aromatic carbocycles. The Labute approximate surface area is 588 Å². The predicted octanol–water partition coefficient (Wildman–Crippen LogP) is 22.6. The molecule has 0 aliphatic carbocycles.